The minimum Gasteiger partial charge on any atom is -0.382 e. The van der Waals surface area contributed by atoms with Gasteiger partial charge in [0, 0.05) is 20.6 Å². The standard InChI is InChI=1S/C10H20N4O3S2/c1-7(2)17-6-5-12-10-8(9(11)13-18-10)19(15,16)14(3)4/h7,12H,5-6H2,1-4H3,(H2,11,13). The van der Waals surface area contributed by atoms with Crippen LogP contribution in [0, 0.1) is 0 Å². The summed E-state index contributed by atoms with van der Waals surface area (Å²) >= 11 is 1.03. The second kappa shape index (κ2) is 6.51. The van der Waals surface area contributed by atoms with Crippen molar-refractivity contribution in [3.8, 4) is 0 Å². The highest BCUT2D eigenvalue weighted by Crippen LogP contribution is 2.32. The molecule has 0 unspecified atom stereocenters. The monoisotopic (exact) mass is 308 g/mol. The Labute approximate surface area is 118 Å². The molecule has 0 aromatic carbocycles. The van der Waals surface area contributed by atoms with E-state index in [1.165, 1.54) is 14.1 Å². The average Bonchev–Trinajstić information content (AvgIpc) is 2.66. The molecule has 0 spiro atoms. The van der Waals surface area contributed by atoms with Crippen molar-refractivity contribution in [2.45, 2.75) is 24.8 Å². The third-order valence-electron chi connectivity index (χ3n) is 2.25. The number of aromatic nitrogens is 1. The van der Waals surface area contributed by atoms with E-state index < -0.39 is 10.0 Å². The van der Waals surface area contributed by atoms with Crippen LogP contribution in [0.5, 0.6) is 0 Å². The molecule has 1 rings (SSSR count). The van der Waals surface area contributed by atoms with Gasteiger partial charge < -0.3 is 15.8 Å². The number of nitrogens with two attached hydrogens (primary N) is 1. The number of nitrogen functional groups attached to an aromatic ring is 1. The fourth-order valence-electron chi connectivity index (χ4n) is 1.30. The van der Waals surface area contributed by atoms with E-state index in [1.807, 2.05) is 13.8 Å². The Kier molecular flexibility index (Phi) is 5.53. The van der Waals surface area contributed by atoms with Gasteiger partial charge in [-0.3, -0.25) is 0 Å². The minimum absolute atomic E-state index is 0.0194. The van der Waals surface area contributed by atoms with Crippen molar-refractivity contribution in [3.05, 3.63) is 0 Å². The number of hydrogen-bond donors (Lipinski definition) is 2. The predicted octanol–water partition coefficient (Wildman–Crippen LogP) is 0.813. The number of hydrogen-bond acceptors (Lipinski definition) is 7. The molecule has 19 heavy (non-hydrogen) atoms. The summed E-state index contributed by atoms with van der Waals surface area (Å²) < 4.78 is 34.6. The molecule has 0 saturated heterocycles. The van der Waals surface area contributed by atoms with Gasteiger partial charge in [0.25, 0.3) is 0 Å². The van der Waals surface area contributed by atoms with Crippen molar-refractivity contribution in [1.29, 1.82) is 0 Å². The fraction of sp³-hybridized carbons (Fsp3) is 0.700. The Morgan fingerprint density at radius 1 is 1.47 bits per heavy atom. The quantitative estimate of drug-likeness (QED) is 0.724. The highest BCUT2D eigenvalue weighted by molar-refractivity contribution is 7.89. The number of sulfonamides is 1. The van der Waals surface area contributed by atoms with Gasteiger partial charge in [-0.05, 0) is 25.4 Å². The molecule has 0 aliphatic rings. The lowest BCUT2D eigenvalue weighted by molar-refractivity contribution is 0.0870. The maximum absolute atomic E-state index is 12.1. The molecule has 0 radical (unpaired) electrons. The molecule has 0 fully saturated rings. The van der Waals surface area contributed by atoms with E-state index in [1.54, 1.807) is 0 Å². The van der Waals surface area contributed by atoms with Crippen LogP contribution >= 0.6 is 11.5 Å². The topological polar surface area (TPSA) is 97.5 Å². The van der Waals surface area contributed by atoms with Crippen molar-refractivity contribution in [2.75, 3.05) is 38.3 Å². The lowest BCUT2D eigenvalue weighted by Crippen LogP contribution is -2.24. The normalized spacial score (nSPS) is 12.3. The number of ether oxygens (including phenoxy) is 1. The molecule has 0 aliphatic carbocycles. The number of anilines is 2. The van der Waals surface area contributed by atoms with Gasteiger partial charge in [-0.15, -0.1) is 0 Å². The van der Waals surface area contributed by atoms with Crippen LogP contribution in [0.15, 0.2) is 4.90 Å². The molecule has 9 heteroatoms. The first-order valence-electron chi connectivity index (χ1n) is 5.80. The van der Waals surface area contributed by atoms with Crippen molar-refractivity contribution < 1.29 is 13.2 Å². The van der Waals surface area contributed by atoms with Gasteiger partial charge in [-0.25, -0.2) is 12.7 Å². The van der Waals surface area contributed by atoms with E-state index in [4.69, 9.17) is 10.5 Å². The number of nitrogens with one attached hydrogen (secondary N) is 1. The predicted molar refractivity (Wildman–Crippen MR) is 77.0 cm³/mol. The van der Waals surface area contributed by atoms with Crippen LogP contribution < -0.4 is 11.1 Å². The first-order valence-corrected chi connectivity index (χ1v) is 8.01. The third-order valence-corrected chi connectivity index (χ3v) is 5.09. The largest absolute Gasteiger partial charge is 0.382 e. The fourth-order valence-corrected chi connectivity index (χ4v) is 3.40. The van der Waals surface area contributed by atoms with Crippen LogP contribution in [0.4, 0.5) is 10.8 Å². The summed E-state index contributed by atoms with van der Waals surface area (Å²) in [6.07, 6.45) is 0.137. The Bertz CT molecular complexity index is 511. The van der Waals surface area contributed by atoms with Crippen LogP contribution in [0.2, 0.25) is 0 Å². The van der Waals surface area contributed by atoms with Gasteiger partial charge in [-0.1, -0.05) is 0 Å². The van der Waals surface area contributed by atoms with Crippen LogP contribution in [-0.4, -0.2) is 50.4 Å². The second-order valence-electron chi connectivity index (χ2n) is 4.36. The lowest BCUT2D eigenvalue weighted by atomic mass is 10.5. The van der Waals surface area contributed by atoms with Gasteiger partial charge in [-0.2, -0.15) is 4.37 Å². The molecule has 0 saturated carbocycles. The molecule has 1 aromatic heterocycles. The number of nitrogens with zero attached hydrogens (tertiary/aromatic N) is 2. The minimum atomic E-state index is -3.60. The lowest BCUT2D eigenvalue weighted by Gasteiger charge is -2.13. The van der Waals surface area contributed by atoms with Gasteiger partial charge in [0.1, 0.15) is 5.00 Å². The zero-order valence-corrected chi connectivity index (χ0v) is 13.1. The van der Waals surface area contributed by atoms with E-state index in [0.29, 0.717) is 18.2 Å². The summed E-state index contributed by atoms with van der Waals surface area (Å²) in [6, 6.07) is 0. The van der Waals surface area contributed by atoms with E-state index in [2.05, 4.69) is 9.69 Å². The maximum Gasteiger partial charge on any atom is 0.249 e. The number of rotatable bonds is 7. The van der Waals surface area contributed by atoms with Crippen LogP contribution in [-0.2, 0) is 14.8 Å². The van der Waals surface area contributed by atoms with Crippen LogP contribution in [0.25, 0.3) is 0 Å². The Balaban J connectivity index is 2.82. The SMILES string of the molecule is CC(C)OCCNc1snc(N)c1S(=O)(=O)N(C)C. The van der Waals surface area contributed by atoms with E-state index in [0.717, 1.165) is 15.8 Å². The summed E-state index contributed by atoms with van der Waals surface area (Å²) in [5.41, 5.74) is 5.64. The molecule has 0 atom stereocenters. The average molecular weight is 308 g/mol. The Morgan fingerprint density at radius 2 is 2.11 bits per heavy atom. The Hall–Kier alpha value is -0.900. The van der Waals surface area contributed by atoms with Crippen molar-refractivity contribution >= 4 is 32.4 Å². The smallest absolute Gasteiger partial charge is 0.249 e. The van der Waals surface area contributed by atoms with Gasteiger partial charge in [0.05, 0.1) is 12.7 Å². The molecule has 7 nitrogen and oxygen atoms in total. The van der Waals surface area contributed by atoms with Crippen LogP contribution in [0.1, 0.15) is 13.8 Å². The van der Waals surface area contributed by atoms with E-state index in [9.17, 15) is 8.42 Å². The molecule has 110 valence electrons. The molecular formula is C10H20N4O3S2. The van der Waals surface area contributed by atoms with Gasteiger partial charge in [0.2, 0.25) is 10.0 Å². The van der Waals surface area contributed by atoms with Crippen molar-refractivity contribution in [2.24, 2.45) is 0 Å². The zero-order valence-electron chi connectivity index (χ0n) is 11.5. The molecule has 1 aromatic rings. The third kappa shape index (κ3) is 4.03. The first-order chi connectivity index (χ1) is 8.76. The van der Waals surface area contributed by atoms with E-state index >= 15 is 0 Å². The summed E-state index contributed by atoms with van der Waals surface area (Å²) in [7, 11) is -0.683. The molecule has 0 amide bonds. The highest BCUT2D eigenvalue weighted by Gasteiger charge is 2.27. The maximum atomic E-state index is 12.1. The molecular weight excluding hydrogens is 288 g/mol. The molecule has 3 N–H and O–H groups in total. The van der Waals surface area contributed by atoms with E-state index in [-0.39, 0.29) is 16.8 Å². The van der Waals surface area contributed by atoms with Crippen molar-refractivity contribution in [1.82, 2.24) is 8.68 Å². The summed E-state index contributed by atoms with van der Waals surface area (Å²) in [4.78, 5) is 0.0343. The zero-order chi connectivity index (χ0) is 14.6. The Morgan fingerprint density at radius 3 is 2.63 bits per heavy atom. The van der Waals surface area contributed by atoms with Crippen molar-refractivity contribution in [3.63, 3.8) is 0 Å². The summed E-state index contributed by atoms with van der Waals surface area (Å²) in [5.74, 6) is 0.0194. The van der Waals surface area contributed by atoms with Gasteiger partial charge >= 0.3 is 0 Å². The second-order valence-corrected chi connectivity index (χ2v) is 7.22. The highest BCUT2D eigenvalue weighted by atomic mass is 32.2. The molecule has 0 bridgehead atoms. The summed E-state index contributed by atoms with van der Waals surface area (Å²) in [6.45, 7) is 4.85. The molecule has 0 aliphatic heterocycles. The summed E-state index contributed by atoms with van der Waals surface area (Å²) in [5, 5.41) is 3.44. The molecule has 1 heterocycles. The van der Waals surface area contributed by atoms with Gasteiger partial charge in [0.15, 0.2) is 10.7 Å². The first kappa shape index (κ1) is 16.2. The van der Waals surface area contributed by atoms with Crippen LogP contribution in [0.3, 0.4) is 0 Å².